The third-order valence-corrected chi connectivity index (χ3v) is 3.76. The number of nitrogens with two attached hydrogens (primary N) is 1. The highest BCUT2D eigenvalue weighted by molar-refractivity contribution is 6.31. The molecule has 0 bridgehead atoms. The lowest BCUT2D eigenvalue weighted by Gasteiger charge is -2.05. The molecule has 0 fully saturated rings. The Bertz CT molecular complexity index is 1020. The van der Waals surface area contributed by atoms with Crippen LogP contribution in [0.1, 0.15) is 56.4 Å². The molecule has 3 rings (SSSR count). The Morgan fingerprint density at radius 2 is 1.84 bits per heavy atom. The molecule has 0 saturated heterocycles. The molecule has 2 heterocycles. The molecular formula is C25H33ClN4O2. The van der Waals surface area contributed by atoms with Crippen LogP contribution in [-0.2, 0) is 11.2 Å². The van der Waals surface area contributed by atoms with Crippen LogP contribution in [0.25, 0.3) is 10.9 Å². The number of hydrogen-bond acceptors (Lipinski definition) is 6. The van der Waals surface area contributed by atoms with Crippen LogP contribution >= 0.6 is 11.6 Å². The molecule has 0 saturated carbocycles. The smallest absolute Gasteiger partial charge is 0.358 e. The van der Waals surface area contributed by atoms with Gasteiger partial charge in [0.25, 0.3) is 0 Å². The van der Waals surface area contributed by atoms with Gasteiger partial charge in [-0.3, -0.25) is 9.97 Å². The standard InChI is InChI=1S/C16H12ClN3O2.C5H9N.2C2H6/c1-22-16(21)15-9-18-8-13(20-15)5-10-2-3-14-11(4-10)6-12(17)7-19-14;1-3-4-5(2)6;2*1-2/h2-4,6-9H,5H2,1H3;3-4H,1,6H2,2H3;2*1-2H3/b;5-4+;;. The molecule has 2 N–H and O–H groups in total. The van der Waals surface area contributed by atoms with Crippen LogP contribution in [0.15, 0.2) is 67.3 Å². The molecule has 0 atom stereocenters. The summed E-state index contributed by atoms with van der Waals surface area (Å²) in [6.45, 7) is 13.3. The Hall–Kier alpha value is -3.25. The molecule has 172 valence electrons. The number of fused-ring (bicyclic) bond motifs is 1. The normalized spacial score (nSPS) is 9.78. The second kappa shape index (κ2) is 16.4. The lowest BCUT2D eigenvalue weighted by atomic mass is 10.1. The zero-order chi connectivity index (χ0) is 24.5. The van der Waals surface area contributed by atoms with E-state index in [1.54, 1.807) is 24.5 Å². The van der Waals surface area contributed by atoms with Crippen molar-refractivity contribution in [2.75, 3.05) is 7.11 Å². The van der Waals surface area contributed by atoms with Gasteiger partial charge < -0.3 is 10.5 Å². The summed E-state index contributed by atoms with van der Waals surface area (Å²) in [5.74, 6) is -0.496. The molecule has 0 aliphatic carbocycles. The van der Waals surface area contributed by atoms with Gasteiger partial charge in [0.15, 0.2) is 5.69 Å². The van der Waals surface area contributed by atoms with Crippen molar-refractivity contribution in [3.05, 3.63) is 89.3 Å². The fourth-order valence-corrected chi connectivity index (χ4v) is 2.52. The van der Waals surface area contributed by atoms with E-state index in [2.05, 4.69) is 26.3 Å². The predicted molar refractivity (Wildman–Crippen MR) is 134 cm³/mol. The molecular weight excluding hydrogens is 424 g/mol. The van der Waals surface area contributed by atoms with Gasteiger partial charge in [-0.25, -0.2) is 9.78 Å². The van der Waals surface area contributed by atoms with Crippen molar-refractivity contribution in [1.82, 2.24) is 15.0 Å². The Balaban J connectivity index is 0.000000824. The SMILES string of the molecule is C=C/C=C(\C)N.CC.CC.COC(=O)c1cncc(Cc2ccc3ncc(Cl)cc3c2)n1. The molecule has 6 nitrogen and oxygen atoms in total. The summed E-state index contributed by atoms with van der Waals surface area (Å²) in [5, 5.41) is 1.55. The van der Waals surface area contributed by atoms with Gasteiger partial charge in [0.2, 0.25) is 0 Å². The van der Waals surface area contributed by atoms with Crippen LogP contribution in [0, 0.1) is 0 Å². The number of pyridine rings is 1. The maximum absolute atomic E-state index is 11.5. The summed E-state index contributed by atoms with van der Waals surface area (Å²) >= 11 is 5.97. The number of carbonyl (C=O) groups excluding carboxylic acids is 1. The number of nitrogens with zero attached hydrogens (tertiary/aromatic N) is 3. The minimum absolute atomic E-state index is 0.200. The van der Waals surface area contributed by atoms with Gasteiger partial charge >= 0.3 is 5.97 Å². The number of methoxy groups -OCH3 is 1. The van der Waals surface area contributed by atoms with E-state index in [9.17, 15) is 4.79 Å². The number of carbonyl (C=O) groups is 1. The number of aromatic nitrogens is 3. The summed E-state index contributed by atoms with van der Waals surface area (Å²) in [4.78, 5) is 24.0. The van der Waals surface area contributed by atoms with E-state index in [1.807, 2.05) is 58.9 Å². The van der Waals surface area contributed by atoms with Crippen molar-refractivity contribution >= 4 is 28.5 Å². The summed E-state index contributed by atoms with van der Waals surface area (Å²) < 4.78 is 4.65. The molecule has 0 aliphatic rings. The van der Waals surface area contributed by atoms with Crippen molar-refractivity contribution in [3.63, 3.8) is 0 Å². The second-order valence-electron chi connectivity index (χ2n) is 5.89. The van der Waals surface area contributed by atoms with E-state index in [1.165, 1.54) is 13.3 Å². The minimum atomic E-state index is -0.496. The number of ether oxygens (including phenoxy) is 1. The molecule has 3 aromatic rings. The largest absolute Gasteiger partial charge is 0.464 e. The zero-order valence-corrected chi connectivity index (χ0v) is 20.5. The highest BCUT2D eigenvalue weighted by atomic mass is 35.5. The number of benzene rings is 1. The molecule has 2 aromatic heterocycles. The average molecular weight is 457 g/mol. The van der Waals surface area contributed by atoms with E-state index < -0.39 is 5.97 Å². The predicted octanol–water partition coefficient (Wildman–Crippen LogP) is 6.14. The van der Waals surface area contributed by atoms with E-state index in [0.717, 1.165) is 22.2 Å². The first-order valence-electron chi connectivity index (χ1n) is 10.4. The quantitative estimate of drug-likeness (QED) is 0.374. The molecule has 0 spiro atoms. The van der Waals surface area contributed by atoms with Crippen LogP contribution in [0.2, 0.25) is 5.02 Å². The van der Waals surface area contributed by atoms with Crippen molar-refractivity contribution in [1.29, 1.82) is 0 Å². The highest BCUT2D eigenvalue weighted by Crippen LogP contribution is 2.19. The number of halogens is 1. The minimum Gasteiger partial charge on any atom is -0.464 e. The maximum Gasteiger partial charge on any atom is 0.358 e. The van der Waals surface area contributed by atoms with E-state index in [4.69, 9.17) is 17.3 Å². The first kappa shape index (κ1) is 28.8. The Morgan fingerprint density at radius 3 is 2.41 bits per heavy atom. The summed E-state index contributed by atoms with van der Waals surface area (Å²) in [5.41, 5.74) is 8.79. The molecule has 0 radical (unpaired) electrons. The van der Waals surface area contributed by atoms with Gasteiger partial charge in [-0.05, 0) is 36.8 Å². The fraction of sp³-hybridized carbons (Fsp3) is 0.280. The third kappa shape index (κ3) is 10.2. The molecule has 0 aliphatic heterocycles. The van der Waals surface area contributed by atoms with Crippen molar-refractivity contribution in [3.8, 4) is 0 Å². The van der Waals surface area contributed by atoms with Gasteiger partial charge in [-0.15, -0.1) is 0 Å². The van der Waals surface area contributed by atoms with Gasteiger partial charge in [-0.1, -0.05) is 58.0 Å². The highest BCUT2D eigenvalue weighted by Gasteiger charge is 2.09. The van der Waals surface area contributed by atoms with E-state index >= 15 is 0 Å². The Labute approximate surface area is 196 Å². The summed E-state index contributed by atoms with van der Waals surface area (Å²) in [6.07, 6.45) is 8.61. The Morgan fingerprint density at radius 1 is 1.16 bits per heavy atom. The van der Waals surface area contributed by atoms with Gasteiger partial charge in [0.05, 0.1) is 29.5 Å². The molecule has 1 aromatic carbocycles. The first-order chi connectivity index (χ1) is 15.4. The van der Waals surface area contributed by atoms with Crippen LogP contribution in [-0.4, -0.2) is 28.0 Å². The topological polar surface area (TPSA) is 91.0 Å². The van der Waals surface area contributed by atoms with Crippen molar-refractivity contribution < 1.29 is 9.53 Å². The number of esters is 1. The first-order valence-corrected chi connectivity index (χ1v) is 10.8. The molecule has 0 unspecified atom stereocenters. The van der Waals surface area contributed by atoms with Crippen LogP contribution < -0.4 is 5.73 Å². The third-order valence-electron chi connectivity index (χ3n) is 3.56. The van der Waals surface area contributed by atoms with Crippen LogP contribution in [0.4, 0.5) is 0 Å². The van der Waals surface area contributed by atoms with E-state index in [0.29, 0.717) is 17.1 Å². The Kier molecular flexibility index (Phi) is 14.8. The van der Waals surface area contributed by atoms with Gasteiger partial charge in [0, 0.05) is 29.9 Å². The zero-order valence-electron chi connectivity index (χ0n) is 19.7. The summed E-state index contributed by atoms with van der Waals surface area (Å²) in [6, 6.07) is 7.76. The van der Waals surface area contributed by atoms with Crippen LogP contribution in [0.5, 0.6) is 0 Å². The van der Waals surface area contributed by atoms with Crippen molar-refractivity contribution in [2.45, 2.75) is 41.0 Å². The van der Waals surface area contributed by atoms with E-state index in [-0.39, 0.29) is 5.69 Å². The average Bonchev–Trinajstić information content (AvgIpc) is 2.81. The molecule has 0 amide bonds. The monoisotopic (exact) mass is 456 g/mol. The van der Waals surface area contributed by atoms with Gasteiger partial charge in [-0.2, -0.15) is 0 Å². The lowest BCUT2D eigenvalue weighted by molar-refractivity contribution is 0.0593. The van der Waals surface area contributed by atoms with Crippen LogP contribution in [0.3, 0.4) is 0 Å². The number of allylic oxidation sites excluding steroid dienone is 3. The fourth-order valence-electron chi connectivity index (χ4n) is 2.35. The number of hydrogen-bond donors (Lipinski definition) is 1. The second-order valence-corrected chi connectivity index (χ2v) is 6.33. The summed E-state index contributed by atoms with van der Waals surface area (Å²) in [7, 11) is 1.32. The molecule has 7 heteroatoms. The van der Waals surface area contributed by atoms with Crippen molar-refractivity contribution in [2.24, 2.45) is 5.73 Å². The maximum atomic E-state index is 11.5. The molecule has 32 heavy (non-hydrogen) atoms. The van der Waals surface area contributed by atoms with Gasteiger partial charge in [0.1, 0.15) is 0 Å². The number of rotatable bonds is 4. The lowest BCUT2D eigenvalue weighted by Crippen LogP contribution is -2.07.